The van der Waals surface area contributed by atoms with Crippen LogP contribution in [0, 0.1) is 0 Å². The number of carbonyl (C=O) groups is 1. The van der Waals surface area contributed by atoms with Gasteiger partial charge in [-0.2, -0.15) is 0 Å². The van der Waals surface area contributed by atoms with Crippen LogP contribution in [-0.2, 0) is 13.7 Å². The van der Waals surface area contributed by atoms with Gasteiger partial charge in [0.2, 0.25) is 0 Å². The molecule has 0 bridgehead atoms. The molecule has 1 fully saturated rings. The minimum Gasteiger partial charge on any atom is -0.456 e. The lowest BCUT2D eigenvalue weighted by Gasteiger charge is -2.17. The van der Waals surface area contributed by atoms with Crippen molar-refractivity contribution in [1.82, 2.24) is 0 Å². The molecule has 1 aliphatic rings. The van der Waals surface area contributed by atoms with E-state index in [9.17, 15) is 4.79 Å². The third kappa shape index (κ3) is 3.35. The van der Waals surface area contributed by atoms with Crippen LogP contribution in [0.3, 0.4) is 0 Å². The minimum absolute atomic E-state index is 0.0315. The summed E-state index contributed by atoms with van der Waals surface area (Å²) < 4.78 is 27.5. The Morgan fingerprint density at radius 2 is 2.38 bits per heavy atom. The summed E-state index contributed by atoms with van der Waals surface area (Å²) in [5, 5.41) is 0. The zero-order valence-corrected chi connectivity index (χ0v) is 7.99. The summed E-state index contributed by atoms with van der Waals surface area (Å²) in [5.41, 5.74) is 0. The van der Waals surface area contributed by atoms with E-state index in [4.69, 9.17) is 13.8 Å². The van der Waals surface area contributed by atoms with E-state index in [2.05, 4.69) is 4.18 Å². The average molecular weight is 208 g/mol. The Hall–Kier alpha value is -0.560. The van der Waals surface area contributed by atoms with Crippen molar-refractivity contribution in [2.45, 2.75) is 13.0 Å². The molecule has 5 nitrogen and oxygen atoms in total. The Morgan fingerprint density at radius 3 is 2.85 bits per heavy atom. The van der Waals surface area contributed by atoms with E-state index in [1.807, 2.05) is 0 Å². The van der Waals surface area contributed by atoms with E-state index in [1.165, 1.54) is 6.08 Å². The average Bonchev–Trinajstić information content (AvgIpc) is 2.30. The maximum Gasteiger partial charge on any atom is 0.330 e. The van der Waals surface area contributed by atoms with Crippen LogP contribution >= 0.6 is 10.9 Å². The fourth-order valence-electron chi connectivity index (χ4n) is 0.931. The van der Waals surface area contributed by atoms with Gasteiger partial charge < -0.3 is 13.8 Å². The highest BCUT2D eigenvalue weighted by Gasteiger charge is 2.34. The smallest absolute Gasteiger partial charge is 0.330 e. The first-order chi connectivity index (χ1) is 6.03. The van der Waals surface area contributed by atoms with E-state index >= 15 is 0 Å². The molecule has 6 heteroatoms. The summed E-state index contributed by atoms with van der Waals surface area (Å²) in [6, 6.07) is 0. The van der Waals surface area contributed by atoms with Gasteiger partial charge in [-0.15, -0.1) is 0 Å². The van der Waals surface area contributed by atoms with Gasteiger partial charge in [-0.1, -0.05) is 6.08 Å². The minimum atomic E-state index is -2.96. The SMILES string of the molecule is C/C=C/C(=O)OC1COS(O)(O)C1. The van der Waals surface area contributed by atoms with Crippen LogP contribution in [-0.4, -0.2) is 33.5 Å². The molecule has 0 spiro atoms. The molecule has 0 aromatic rings. The van der Waals surface area contributed by atoms with Gasteiger partial charge in [-0.3, -0.25) is 4.18 Å². The maximum absolute atomic E-state index is 10.9. The molecule has 1 atom stereocenters. The Bertz CT molecular complexity index is 225. The van der Waals surface area contributed by atoms with Crippen molar-refractivity contribution in [3.8, 4) is 0 Å². The largest absolute Gasteiger partial charge is 0.456 e. The van der Waals surface area contributed by atoms with Crippen molar-refractivity contribution in [1.29, 1.82) is 0 Å². The Kier molecular flexibility index (Phi) is 3.32. The zero-order valence-electron chi connectivity index (χ0n) is 7.17. The highest BCUT2D eigenvalue weighted by molar-refractivity contribution is 8.20. The van der Waals surface area contributed by atoms with Crippen molar-refractivity contribution in [3.63, 3.8) is 0 Å². The van der Waals surface area contributed by atoms with E-state index in [0.29, 0.717) is 0 Å². The van der Waals surface area contributed by atoms with Gasteiger partial charge in [0.05, 0.1) is 16.6 Å². The van der Waals surface area contributed by atoms with Gasteiger partial charge >= 0.3 is 5.97 Å². The standard InChI is InChI=1S/C7H12O5S/c1-2-3-7(8)12-6-4-11-13(9,10)5-6/h2-3,6,9-10H,4-5H2,1H3/b3-2+. The Labute approximate surface area is 77.9 Å². The second kappa shape index (κ2) is 4.10. The molecule has 76 valence electrons. The molecule has 1 saturated heterocycles. The Balaban J connectivity index is 2.36. The highest BCUT2D eigenvalue weighted by atomic mass is 32.3. The number of hydrogen-bond acceptors (Lipinski definition) is 5. The normalized spacial score (nSPS) is 29.0. The number of hydrogen-bond donors (Lipinski definition) is 2. The topological polar surface area (TPSA) is 76.0 Å². The third-order valence-electron chi connectivity index (χ3n) is 1.43. The molecular formula is C7H12O5S. The number of carbonyl (C=O) groups excluding carboxylic acids is 1. The predicted octanol–water partition coefficient (Wildman–Crippen LogP) is 1.17. The summed E-state index contributed by atoms with van der Waals surface area (Å²) in [7, 11) is -2.96. The summed E-state index contributed by atoms with van der Waals surface area (Å²) in [6.07, 6.45) is 2.27. The molecule has 1 heterocycles. The fraction of sp³-hybridized carbons (Fsp3) is 0.571. The maximum atomic E-state index is 10.9. The highest BCUT2D eigenvalue weighted by Crippen LogP contribution is 2.45. The second-order valence-electron chi connectivity index (χ2n) is 2.62. The molecule has 13 heavy (non-hydrogen) atoms. The van der Waals surface area contributed by atoms with E-state index < -0.39 is 22.9 Å². The first kappa shape index (κ1) is 10.5. The Morgan fingerprint density at radius 1 is 1.69 bits per heavy atom. The fourth-order valence-corrected chi connectivity index (χ4v) is 2.05. The molecule has 0 aliphatic carbocycles. The third-order valence-corrected chi connectivity index (χ3v) is 2.75. The summed E-state index contributed by atoms with van der Waals surface area (Å²) in [4.78, 5) is 10.9. The van der Waals surface area contributed by atoms with E-state index in [1.54, 1.807) is 13.0 Å². The van der Waals surface area contributed by atoms with Gasteiger partial charge in [0.1, 0.15) is 12.7 Å². The van der Waals surface area contributed by atoms with Crippen molar-refractivity contribution in [3.05, 3.63) is 12.2 Å². The molecule has 0 radical (unpaired) electrons. The van der Waals surface area contributed by atoms with Gasteiger partial charge in [0.25, 0.3) is 0 Å². The van der Waals surface area contributed by atoms with Crippen LogP contribution in [0.1, 0.15) is 6.92 Å². The lowest BCUT2D eigenvalue weighted by molar-refractivity contribution is -0.142. The summed E-state index contributed by atoms with van der Waals surface area (Å²) in [5.74, 6) is -0.524. The van der Waals surface area contributed by atoms with Crippen LogP contribution in [0.4, 0.5) is 0 Å². The van der Waals surface area contributed by atoms with Gasteiger partial charge in [-0.25, -0.2) is 4.79 Å². The van der Waals surface area contributed by atoms with Crippen LogP contribution in [0.2, 0.25) is 0 Å². The molecule has 1 unspecified atom stereocenters. The van der Waals surface area contributed by atoms with Crippen molar-refractivity contribution >= 4 is 16.8 Å². The van der Waals surface area contributed by atoms with Crippen LogP contribution < -0.4 is 0 Å². The van der Waals surface area contributed by atoms with Crippen molar-refractivity contribution in [2.75, 3.05) is 12.4 Å². The summed E-state index contributed by atoms with van der Waals surface area (Å²) in [6.45, 7) is 1.74. The quantitative estimate of drug-likeness (QED) is 0.526. The lowest BCUT2D eigenvalue weighted by Crippen LogP contribution is -2.19. The molecule has 1 aliphatic heterocycles. The summed E-state index contributed by atoms with van der Waals surface area (Å²) >= 11 is 0. The molecule has 0 amide bonds. The van der Waals surface area contributed by atoms with Gasteiger partial charge in [0, 0.05) is 6.08 Å². The van der Waals surface area contributed by atoms with Crippen LogP contribution in [0.5, 0.6) is 0 Å². The molecular weight excluding hydrogens is 196 g/mol. The number of ether oxygens (including phenoxy) is 1. The monoisotopic (exact) mass is 208 g/mol. The van der Waals surface area contributed by atoms with Crippen LogP contribution in [0.15, 0.2) is 12.2 Å². The zero-order chi connectivity index (χ0) is 9.90. The number of allylic oxidation sites excluding steroid dienone is 1. The molecule has 0 saturated carbocycles. The van der Waals surface area contributed by atoms with Crippen molar-refractivity contribution in [2.24, 2.45) is 0 Å². The van der Waals surface area contributed by atoms with Gasteiger partial charge in [0.15, 0.2) is 0 Å². The predicted molar refractivity (Wildman–Crippen MR) is 48.4 cm³/mol. The molecule has 2 N–H and O–H groups in total. The number of esters is 1. The van der Waals surface area contributed by atoms with Crippen LogP contribution in [0.25, 0.3) is 0 Å². The van der Waals surface area contributed by atoms with Gasteiger partial charge in [-0.05, 0) is 6.92 Å². The molecule has 0 aromatic heterocycles. The lowest BCUT2D eigenvalue weighted by atomic mass is 10.4. The van der Waals surface area contributed by atoms with E-state index in [0.717, 1.165) is 0 Å². The first-order valence-corrected chi connectivity index (χ1v) is 5.41. The first-order valence-electron chi connectivity index (χ1n) is 3.77. The second-order valence-corrected chi connectivity index (χ2v) is 4.40. The molecule has 1 rings (SSSR count). The van der Waals surface area contributed by atoms with E-state index in [-0.39, 0.29) is 12.4 Å². The number of rotatable bonds is 2. The van der Waals surface area contributed by atoms with Crippen molar-refractivity contribution < 1.29 is 22.8 Å². The molecule has 0 aromatic carbocycles.